The van der Waals surface area contributed by atoms with Gasteiger partial charge in [-0.15, -0.1) is 0 Å². The largest absolute Gasteiger partial charge is 0.391 e. The predicted octanol–water partition coefficient (Wildman–Crippen LogP) is 3.74. The lowest BCUT2D eigenvalue weighted by molar-refractivity contribution is 0.0936. The van der Waals surface area contributed by atoms with Gasteiger partial charge in [0, 0.05) is 18.6 Å². The number of hydrogen-bond donors (Lipinski definition) is 3. The molecule has 0 aromatic rings. The maximum atomic E-state index is 9.76. The van der Waals surface area contributed by atoms with Gasteiger partial charge >= 0.3 is 0 Å². The Kier molecular flexibility index (Phi) is 11.2. The van der Waals surface area contributed by atoms with E-state index in [-0.39, 0.29) is 12.1 Å². The van der Waals surface area contributed by atoms with Gasteiger partial charge in [-0.2, -0.15) is 0 Å². The van der Waals surface area contributed by atoms with Gasteiger partial charge in [0.05, 0.1) is 6.10 Å². The third-order valence-corrected chi connectivity index (χ3v) is 4.82. The fourth-order valence-electron chi connectivity index (χ4n) is 3.26. The summed E-state index contributed by atoms with van der Waals surface area (Å²) in [6, 6.07) is 0.414. The second-order valence-electron chi connectivity index (χ2n) is 6.90. The van der Waals surface area contributed by atoms with Crippen molar-refractivity contribution < 1.29 is 5.11 Å². The summed E-state index contributed by atoms with van der Waals surface area (Å²) in [4.78, 5) is 0. The first-order valence-electron chi connectivity index (χ1n) is 9.41. The number of hydrogen-bond acceptors (Lipinski definition) is 3. The second kappa shape index (κ2) is 12.4. The molecule has 3 heteroatoms. The summed E-state index contributed by atoms with van der Waals surface area (Å²) < 4.78 is 0. The first-order valence-corrected chi connectivity index (χ1v) is 9.41. The van der Waals surface area contributed by atoms with E-state index < -0.39 is 0 Å². The zero-order valence-electron chi connectivity index (χ0n) is 14.2. The zero-order valence-corrected chi connectivity index (χ0v) is 14.2. The van der Waals surface area contributed by atoms with Crippen LogP contribution in [0.2, 0.25) is 0 Å². The van der Waals surface area contributed by atoms with Crippen molar-refractivity contribution in [2.24, 2.45) is 5.73 Å². The van der Waals surface area contributed by atoms with Crippen LogP contribution < -0.4 is 11.1 Å². The van der Waals surface area contributed by atoms with Crippen LogP contribution in [-0.4, -0.2) is 29.8 Å². The number of rotatable bonds is 12. The van der Waals surface area contributed by atoms with Crippen molar-refractivity contribution in [2.45, 2.75) is 109 Å². The molecule has 0 saturated carbocycles. The Morgan fingerprint density at radius 1 is 0.905 bits per heavy atom. The van der Waals surface area contributed by atoms with E-state index in [1.807, 2.05) is 0 Å². The van der Waals surface area contributed by atoms with Crippen LogP contribution in [0, 0.1) is 0 Å². The summed E-state index contributed by atoms with van der Waals surface area (Å²) in [5.41, 5.74) is 5.79. The summed E-state index contributed by atoms with van der Waals surface area (Å²) in [5, 5.41) is 13.2. The molecule has 1 aliphatic rings. The van der Waals surface area contributed by atoms with Gasteiger partial charge in [0.25, 0.3) is 0 Å². The third-order valence-electron chi connectivity index (χ3n) is 4.82. The molecule has 3 atom stereocenters. The van der Waals surface area contributed by atoms with Crippen LogP contribution in [0.25, 0.3) is 0 Å². The Balaban J connectivity index is 1.80. The summed E-state index contributed by atoms with van der Waals surface area (Å²) >= 11 is 0. The highest BCUT2D eigenvalue weighted by Gasteiger charge is 2.25. The number of nitrogens with one attached hydrogen (secondary N) is 1. The molecule has 0 bridgehead atoms. The minimum absolute atomic E-state index is 0.0708. The fraction of sp³-hybridized carbons (Fsp3) is 1.00. The van der Waals surface area contributed by atoms with Crippen LogP contribution in [0.3, 0.4) is 0 Å². The highest BCUT2D eigenvalue weighted by atomic mass is 16.3. The molecule has 0 amide bonds. The van der Waals surface area contributed by atoms with Gasteiger partial charge in [-0.3, -0.25) is 0 Å². The maximum absolute atomic E-state index is 9.76. The highest BCUT2D eigenvalue weighted by Crippen LogP contribution is 2.16. The molecule has 126 valence electrons. The van der Waals surface area contributed by atoms with Crippen LogP contribution in [0.15, 0.2) is 0 Å². The minimum Gasteiger partial charge on any atom is -0.391 e. The molecule has 4 N–H and O–H groups in total. The lowest BCUT2D eigenvalue weighted by atomic mass is 9.94. The smallest absolute Gasteiger partial charge is 0.0718 e. The van der Waals surface area contributed by atoms with E-state index in [9.17, 15) is 5.11 Å². The van der Waals surface area contributed by atoms with Crippen molar-refractivity contribution in [3.63, 3.8) is 0 Å². The molecule has 1 fully saturated rings. The van der Waals surface area contributed by atoms with Crippen molar-refractivity contribution in [3.8, 4) is 0 Å². The van der Waals surface area contributed by atoms with Crippen molar-refractivity contribution in [1.82, 2.24) is 5.32 Å². The molecular formula is C18H38N2O. The van der Waals surface area contributed by atoms with Crippen molar-refractivity contribution in [1.29, 1.82) is 0 Å². The monoisotopic (exact) mass is 298 g/mol. The topological polar surface area (TPSA) is 58.3 Å². The molecule has 1 saturated heterocycles. The minimum atomic E-state index is -0.302. The lowest BCUT2D eigenvalue weighted by Gasteiger charge is -2.32. The average Bonchev–Trinajstić information content (AvgIpc) is 2.48. The number of aliphatic hydroxyl groups excluding tert-OH is 1. The molecule has 1 heterocycles. The molecule has 3 nitrogen and oxygen atoms in total. The average molecular weight is 299 g/mol. The standard InChI is InChI=1S/C18H38N2O/c1-2-3-4-5-6-7-8-9-10-11-12-13-16-14-18(21)17(19)15-20-16/h16-18,20-21H,2-15,19H2,1H3/t16-,17+,18+/m1/s1. The van der Waals surface area contributed by atoms with E-state index in [1.54, 1.807) is 0 Å². The Bertz CT molecular complexity index is 235. The van der Waals surface area contributed by atoms with Crippen LogP contribution in [0.5, 0.6) is 0 Å². The van der Waals surface area contributed by atoms with E-state index in [2.05, 4.69) is 12.2 Å². The molecule has 0 radical (unpaired) electrons. The van der Waals surface area contributed by atoms with E-state index in [0.717, 1.165) is 13.0 Å². The Morgan fingerprint density at radius 2 is 1.43 bits per heavy atom. The summed E-state index contributed by atoms with van der Waals surface area (Å²) in [7, 11) is 0. The number of unbranched alkanes of at least 4 members (excludes halogenated alkanes) is 10. The van der Waals surface area contributed by atoms with Gasteiger partial charge < -0.3 is 16.2 Å². The van der Waals surface area contributed by atoms with Gasteiger partial charge in [-0.05, 0) is 12.8 Å². The van der Waals surface area contributed by atoms with Gasteiger partial charge in [-0.1, -0.05) is 77.6 Å². The van der Waals surface area contributed by atoms with Gasteiger partial charge in [0.2, 0.25) is 0 Å². The maximum Gasteiger partial charge on any atom is 0.0718 e. The SMILES string of the molecule is CCCCCCCCCCCCC[C@@H]1C[C@H](O)[C@@H](N)CN1. The van der Waals surface area contributed by atoms with E-state index >= 15 is 0 Å². The Hall–Kier alpha value is -0.120. The van der Waals surface area contributed by atoms with Gasteiger partial charge in [-0.25, -0.2) is 0 Å². The van der Waals surface area contributed by atoms with Crippen LogP contribution in [0.1, 0.15) is 90.4 Å². The van der Waals surface area contributed by atoms with Gasteiger partial charge in [0.1, 0.15) is 0 Å². The first-order chi connectivity index (χ1) is 10.2. The molecule has 21 heavy (non-hydrogen) atoms. The molecule has 0 unspecified atom stereocenters. The first kappa shape index (κ1) is 18.9. The summed E-state index contributed by atoms with van der Waals surface area (Å²) in [6.45, 7) is 3.04. The normalized spacial score (nSPS) is 26.1. The Morgan fingerprint density at radius 3 is 1.95 bits per heavy atom. The molecule has 1 aliphatic heterocycles. The molecular weight excluding hydrogens is 260 g/mol. The van der Waals surface area contributed by atoms with Crippen LogP contribution in [0.4, 0.5) is 0 Å². The highest BCUT2D eigenvalue weighted by molar-refractivity contribution is 4.86. The second-order valence-corrected chi connectivity index (χ2v) is 6.90. The van der Waals surface area contributed by atoms with Crippen molar-refractivity contribution in [3.05, 3.63) is 0 Å². The molecule has 1 rings (SSSR count). The van der Waals surface area contributed by atoms with Crippen LogP contribution >= 0.6 is 0 Å². The summed E-state index contributed by atoms with van der Waals surface area (Å²) in [5.74, 6) is 0. The van der Waals surface area contributed by atoms with E-state index in [1.165, 1.54) is 77.0 Å². The van der Waals surface area contributed by atoms with Crippen molar-refractivity contribution >= 4 is 0 Å². The fourth-order valence-corrected chi connectivity index (χ4v) is 3.26. The lowest BCUT2D eigenvalue weighted by Crippen LogP contribution is -2.53. The number of nitrogens with two attached hydrogens (primary N) is 1. The molecule has 0 aliphatic carbocycles. The quantitative estimate of drug-likeness (QED) is 0.481. The van der Waals surface area contributed by atoms with Gasteiger partial charge in [0.15, 0.2) is 0 Å². The third kappa shape index (κ3) is 9.49. The Labute approximate surface area is 132 Å². The molecule has 0 spiro atoms. The number of piperidine rings is 1. The van der Waals surface area contributed by atoms with E-state index in [4.69, 9.17) is 5.73 Å². The number of aliphatic hydroxyl groups is 1. The van der Waals surface area contributed by atoms with Crippen LogP contribution in [-0.2, 0) is 0 Å². The predicted molar refractivity (Wildman–Crippen MR) is 91.5 cm³/mol. The summed E-state index contributed by atoms with van der Waals surface area (Å²) in [6.07, 6.45) is 17.0. The molecule has 0 aromatic carbocycles. The molecule has 0 aromatic heterocycles. The van der Waals surface area contributed by atoms with E-state index in [0.29, 0.717) is 6.04 Å². The van der Waals surface area contributed by atoms with Crippen molar-refractivity contribution in [2.75, 3.05) is 6.54 Å². The zero-order chi connectivity index (χ0) is 15.3.